The first kappa shape index (κ1) is 13.6. The fraction of sp³-hybridized carbons (Fsp3) is 0.308. The molecule has 0 bridgehead atoms. The molecule has 2 atom stereocenters. The minimum atomic E-state index is -4.34. The highest BCUT2D eigenvalue weighted by Gasteiger charge is 2.44. The van der Waals surface area contributed by atoms with Crippen LogP contribution in [0.3, 0.4) is 0 Å². The van der Waals surface area contributed by atoms with E-state index in [1.807, 2.05) is 0 Å². The Kier molecular flexibility index (Phi) is 3.15. The molecule has 8 heteroatoms. The number of rotatable bonds is 3. The van der Waals surface area contributed by atoms with Crippen molar-refractivity contribution in [3.63, 3.8) is 0 Å². The van der Waals surface area contributed by atoms with Crippen molar-refractivity contribution in [3.8, 4) is 0 Å². The lowest BCUT2D eigenvalue weighted by molar-refractivity contribution is -0.137. The van der Waals surface area contributed by atoms with Gasteiger partial charge in [-0.25, -0.2) is 5.10 Å². The van der Waals surface area contributed by atoms with E-state index in [1.165, 1.54) is 18.5 Å². The van der Waals surface area contributed by atoms with E-state index in [1.54, 1.807) is 0 Å². The molecule has 1 fully saturated rings. The molecule has 3 rings (SSSR count). The van der Waals surface area contributed by atoms with Crippen LogP contribution in [0.25, 0.3) is 0 Å². The minimum Gasteiger partial charge on any atom is -0.295 e. The SMILES string of the molecule is O=C(Nc1ncn[nH]1)[C@@H]1C[C@H]1c1ccc(C(F)(F)F)cc1. The summed E-state index contributed by atoms with van der Waals surface area (Å²) in [5.41, 5.74) is 0.0512. The number of carbonyl (C=O) groups is 1. The van der Waals surface area contributed by atoms with Crippen molar-refractivity contribution >= 4 is 11.9 Å². The maximum absolute atomic E-state index is 12.5. The zero-order valence-corrected chi connectivity index (χ0v) is 10.7. The third-order valence-corrected chi connectivity index (χ3v) is 3.45. The second-order valence-corrected chi connectivity index (χ2v) is 4.89. The van der Waals surface area contributed by atoms with E-state index < -0.39 is 11.7 Å². The van der Waals surface area contributed by atoms with Crippen molar-refractivity contribution < 1.29 is 18.0 Å². The number of nitrogens with one attached hydrogen (secondary N) is 2. The summed E-state index contributed by atoms with van der Waals surface area (Å²) in [7, 11) is 0. The number of H-pyrrole nitrogens is 1. The van der Waals surface area contributed by atoms with Crippen molar-refractivity contribution in [1.29, 1.82) is 0 Å². The van der Waals surface area contributed by atoms with Crippen LogP contribution in [-0.4, -0.2) is 21.1 Å². The number of nitrogens with zero attached hydrogens (tertiary/aromatic N) is 2. The van der Waals surface area contributed by atoms with Crippen molar-refractivity contribution in [2.75, 3.05) is 5.32 Å². The van der Waals surface area contributed by atoms with Gasteiger partial charge in [0.2, 0.25) is 11.9 Å². The molecule has 2 N–H and O–H groups in total. The molecule has 0 unspecified atom stereocenters. The second-order valence-electron chi connectivity index (χ2n) is 4.89. The van der Waals surface area contributed by atoms with Gasteiger partial charge in [0.1, 0.15) is 6.33 Å². The molecule has 5 nitrogen and oxygen atoms in total. The Morgan fingerprint density at radius 3 is 2.57 bits per heavy atom. The Morgan fingerprint density at radius 2 is 2.00 bits per heavy atom. The van der Waals surface area contributed by atoms with Gasteiger partial charge in [0.25, 0.3) is 0 Å². The highest BCUT2D eigenvalue weighted by Crippen LogP contribution is 2.48. The summed E-state index contributed by atoms with van der Waals surface area (Å²) < 4.78 is 37.4. The number of benzene rings is 1. The lowest BCUT2D eigenvalue weighted by Gasteiger charge is -2.07. The Bertz CT molecular complexity index is 636. The number of hydrogen-bond acceptors (Lipinski definition) is 3. The summed E-state index contributed by atoms with van der Waals surface area (Å²) in [6.45, 7) is 0. The molecule has 1 heterocycles. The predicted octanol–water partition coefficient (Wildman–Crippen LogP) is 2.57. The van der Waals surface area contributed by atoms with Crippen LogP contribution >= 0.6 is 0 Å². The van der Waals surface area contributed by atoms with Crippen LogP contribution in [0.5, 0.6) is 0 Å². The van der Waals surface area contributed by atoms with Crippen LogP contribution in [-0.2, 0) is 11.0 Å². The second kappa shape index (κ2) is 4.87. The Morgan fingerprint density at radius 1 is 1.29 bits per heavy atom. The Hall–Kier alpha value is -2.38. The molecule has 1 aromatic carbocycles. The molecule has 1 amide bonds. The van der Waals surface area contributed by atoms with Gasteiger partial charge in [-0.15, -0.1) is 0 Å². The molecular weight excluding hydrogens is 285 g/mol. The van der Waals surface area contributed by atoms with Crippen molar-refractivity contribution in [2.24, 2.45) is 5.92 Å². The fourth-order valence-corrected chi connectivity index (χ4v) is 2.25. The number of anilines is 1. The summed E-state index contributed by atoms with van der Waals surface area (Å²) in [6.07, 6.45) is -2.45. The zero-order chi connectivity index (χ0) is 15.0. The quantitative estimate of drug-likeness (QED) is 0.914. The van der Waals surface area contributed by atoms with Gasteiger partial charge < -0.3 is 0 Å². The van der Waals surface area contributed by atoms with Gasteiger partial charge in [0.15, 0.2) is 0 Å². The van der Waals surface area contributed by atoms with Crippen molar-refractivity contribution in [1.82, 2.24) is 15.2 Å². The number of halogens is 3. The van der Waals surface area contributed by atoms with Gasteiger partial charge in [-0.1, -0.05) is 12.1 Å². The maximum Gasteiger partial charge on any atom is 0.416 e. The molecule has 21 heavy (non-hydrogen) atoms. The van der Waals surface area contributed by atoms with E-state index in [4.69, 9.17) is 0 Å². The summed E-state index contributed by atoms with van der Waals surface area (Å²) >= 11 is 0. The molecule has 0 spiro atoms. The average Bonchev–Trinajstić information content (AvgIpc) is 3.09. The molecule has 1 aliphatic rings. The fourth-order valence-electron chi connectivity index (χ4n) is 2.25. The molecule has 2 aromatic rings. The predicted molar refractivity (Wildman–Crippen MR) is 67.3 cm³/mol. The number of aromatic amines is 1. The van der Waals surface area contributed by atoms with Gasteiger partial charge in [-0.05, 0) is 30.0 Å². The third kappa shape index (κ3) is 2.88. The minimum absolute atomic E-state index is 0.0461. The summed E-state index contributed by atoms with van der Waals surface area (Å²) in [6, 6.07) is 4.93. The first-order valence-corrected chi connectivity index (χ1v) is 6.28. The lowest BCUT2D eigenvalue weighted by Crippen LogP contribution is -2.15. The van der Waals surface area contributed by atoms with Crippen LogP contribution in [0.4, 0.5) is 19.1 Å². The van der Waals surface area contributed by atoms with E-state index in [9.17, 15) is 18.0 Å². The highest BCUT2D eigenvalue weighted by atomic mass is 19.4. The van der Waals surface area contributed by atoms with E-state index in [2.05, 4.69) is 20.5 Å². The molecule has 0 saturated heterocycles. The topological polar surface area (TPSA) is 70.7 Å². The smallest absolute Gasteiger partial charge is 0.295 e. The standard InChI is InChI=1S/C13H11F3N4O/c14-13(15,16)8-3-1-7(2-4-8)9-5-10(9)11(21)19-12-17-6-18-20-12/h1-4,6,9-10H,5H2,(H2,17,18,19,20,21)/t9-,10+/m0/s1. The number of aromatic nitrogens is 3. The van der Waals surface area contributed by atoms with E-state index >= 15 is 0 Å². The first-order chi connectivity index (χ1) is 9.95. The number of carbonyl (C=O) groups excluding carboxylic acids is 1. The van der Waals surface area contributed by atoms with Gasteiger partial charge in [0, 0.05) is 5.92 Å². The lowest BCUT2D eigenvalue weighted by atomic mass is 10.1. The molecule has 110 valence electrons. The van der Waals surface area contributed by atoms with Crippen LogP contribution in [0.1, 0.15) is 23.5 Å². The largest absolute Gasteiger partial charge is 0.416 e. The van der Waals surface area contributed by atoms with Crippen LogP contribution in [0, 0.1) is 5.92 Å². The number of amides is 1. The molecule has 1 saturated carbocycles. The molecule has 0 radical (unpaired) electrons. The maximum atomic E-state index is 12.5. The van der Waals surface area contributed by atoms with Gasteiger partial charge in [-0.2, -0.15) is 23.3 Å². The summed E-state index contributed by atoms with van der Waals surface area (Å²) in [5.74, 6) is -0.239. The van der Waals surface area contributed by atoms with Gasteiger partial charge >= 0.3 is 6.18 Å². The Balaban J connectivity index is 1.63. The van der Waals surface area contributed by atoms with Gasteiger partial charge in [-0.3, -0.25) is 10.1 Å². The highest BCUT2D eigenvalue weighted by molar-refractivity contribution is 5.93. The first-order valence-electron chi connectivity index (χ1n) is 6.28. The number of hydrogen-bond donors (Lipinski definition) is 2. The monoisotopic (exact) mass is 296 g/mol. The molecule has 1 aromatic heterocycles. The summed E-state index contributed by atoms with van der Waals surface area (Å²) in [5, 5.41) is 8.69. The van der Waals surface area contributed by atoms with Crippen molar-refractivity contribution in [2.45, 2.75) is 18.5 Å². The average molecular weight is 296 g/mol. The third-order valence-electron chi connectivity index (χ3n) is 3.45. The van der Waals surface area contributed by atoms with Crippen LogP contribution < -0.4 is 5.32 Å². The Labute approximate surface area is 117 Å². The normalized spacial score (nSPS) is 21.1. The van der Waals surface area contributed by atoms with Crippen LogP contribution in [0.15, 0.2) is 30.6 Å². The molecular formula is C13H11F3N4O. The van der Waals surface area contributed by atoms with E-state index in [0.717, 1.165) is 17.7 Å². The van der Waals surface area contributed by atoms with E-state index in [0.29, 0.717) is 6.42 Å². The zero-order valence-electron chi connectivity index (χ0n) is 10.7. The molecule has 1 aliphatic carbocycles. The molecule has 0 aliphatic heterocycles. The van der Waals surface area contributed by atoms with Crippen LogP contribution in [0.2, 0.25) is 0 Å². The van der Waals surface area contributed by atoms with E-state index in [-0.39, 0.29) is 23.7 Å². The van der Waals surface area contributed by atoms with Crippen molar-refractivity contribution in [3.05, 3.63) is 41.7 Å². The van der Waals surface area contributed by atoms with Gasteiger partial charge in [0.05, 0.1) is 5.56 Å². The number of alkyl halides is 3. The summed E-state index contributed by atoms with van der Waals surface area (Å²) in [4.78, 5) is 15.7.